The number of sulfone groups is 1. The summed E-state index contributed by atoms with van der Waals surface area (Å²) in [6.07, 6.45) is 0.0905. The minimum absolute atomic E-state index is 0.00891. The van der Waals surface area contributed by atoms with Crippen LogP contribution in [0.15, 0.2) is 0 Å². The normalized spacial score (nSPS) is 21.0. The van der Waals surface area contributed by atoms with E-state index in [1.54, 1.807) is 7.05 Å². The van der Waals surface area contributed by atoms with Gasteiger partial charge < -0.3 is 15.5 Å². The Labute approximate surface area is 126 Å². The predicted molar refractivity (Wildman–Crippen MR) is 80.5 cm³/mol. The highest BCUT2D eigenvalue weighted by Crippen LogP contribution is 2.06. The van der Waals surface area contributed by atoms with Gasteiger partial charge in [0.1, 0.15) is 0 Å². The van der Waals surface area contributed by atoms with Crippen molar-refractivity contribution in [3.8, 4) is 0 Å². The third-order valence-electron chi connectivity index (χ3n) is 3.24. The Morgan fingerprint density at radius 3 is 2.62 bits per heavy atom. The van der Waals surface area contributed by atoms with E-state index >= 15 is 0 Å². The van der Waals surface area contributed by atoms with Crippen molar-refractivity contribution in [2.45, 2.75) is 26.3 Å². The molecule has 2 N–H and O–H groups in total. The smallest absolute Gasteiger partial charge is 0.239 e. The lowest BCUT2D eigenvalue weighted by atomic mass is 10.2. The number of hydrogen-bond acceptors (Lipinski definition) is 5. The van der Waals surface area contributed by atoms with Crippen LogP contribution in [0.4, 0.5) is 0 Å². The monoisotopic (exact) mass is 319 g/mol. The minimum Gasteiger partial charge on any atom is -0.354 e. The second-order valence-corrected chi connectivity index (χ2v) is 8.15. The number of carbonyl (C=O) groups is 2. The molecule has 1 atom stereocenters. The molecular weight excluding hydrogens is 294 g/mol. The van der Waals surface area contributed by atoms with Gasteiger partial charge in [-0.3, -0.25) is 9.59 Å². The molecule has 1 aliphatic heterocycles. The van der Waals surface area contributed by atoms with Gasteiger partial charge in [0.25, 0.3) is 0 Å². The number of amides is 2. The van der Waals surface area contributed by atoms with Crippen molar-refractivity contribution in [1.82, 2.24) is 15.5 Å². The summed E-state index contributed by atoms with van der Waals surface area (Å²) in [5.74, 6) is 0.0109. The Morgan fingerprint density at radius 1 is 1.38 bits per heavy atom. The van der Waals surface area contributed by atoms with Crippen LogP contribution >= 0.6 is 0 Å². The zero-order chi connectivity index (χ0) is 16.0. The Kier molecular flexibility index (Phi) is 6.60. The van der Waals surface area contributed by atoms with Crippen LogP contribution in [0.3, 0.4) is 0 Å². The molecule has 1 heterocycles. The molecule has 21 heavy (non-hydrogen) atoms. The second kappa shape index (κ2) is 7.74. The molecule has 0 saturated carbocycles. The van der Waals surface area contributed by atoms with Crippen molar-refractivity contribution >= 4 is 21.7 Å². The van der Waals surface area contributed by atoms with Gasteiger partial charge in [-0.1, -0.05) is 13.8 Å². The van der Waals surface area contributed by atoms with Crippen LogP contribution in [-0.4, -0.2) is 69.4 Å². The fraction of sp³-hybridized carbons (Fsp3) is 0.846. The average molecular weight is 319 g/mol. The Morgan fingerprint density at radius 2 is 2.05 bits per heavy atom. The molecule has 1 unspecified atom stereocenters. The van der Waals surface area contributed by atoms with E-state index in [2.05, 4.69) is 10.6 Å². The summed E-state index contributed by atoms with van der Waals surface area (Å²) in [6.45, 7) is 4.92. The lowest BCUT2D eigenvalue weighted by molar-refractivity contribution is -0.135. The van der Waals surface area contributed by atoms with Crippen LogP contribution in [0, 0.1) is 5.92 Å². The zero-order valence-electron chi connectivity index (χ0n) is 12.9. The molecule has 1 aliphatic rings. The van der Waals surface area contributed by atoms with Gasteiger partial charge in [0, 0.05) is 32.6 Å². The number of hydrogen-bond donors (Lipinski definition) is 2. The predicted octanol–water partition coefficient (Wildman–Crippen LogP) is -1.01. The first-order chi connectivity index (χ1) is 9.69. The van der Waals surface area contributed by atoms with Crippen LogP contribution in [0.1, 0.15) is 20.3 Å². The number of rotatable bonds is 6. The standard InChI is InChI=1S/C13H25N3O4S/c1-10(2)7-15-12(17)8-16(3)13(18)6-11-9-21(19,20)5-4-14-11/h10-11,14H,4-9H2,1-3H3,(H,15,17). The van der Waals surface area contributed by atoms with Gasteiger partial charge in [-0.15, -0.1) is 0 Å². The Balaban J connectivity index is 2.39. The first kappa shape index (κ1) is 17.9. The van der Waals surface area contributed by atoms with Gasteiger partial charge in [0.2, 0.25) is 11.8 Å². The molecular formula is C13H25N3O4S. The van der Waals surface area contributed by atoms with Crippen molar-refractivity contribution in [3.05, 3.63) is 0 Å². The van der Waals surface area contributed by atoms with E-state index in [0.717, 1.165) is 0 Å². The molecule has 2 amide bonds. The maximum atomic E-state index is 12.0. The maximum Gasteiger partial charge on any atom is 0.239 e. The summed E-state index contributed by atoms with van der Waals surface area (Å²) in [6, 6.07) is -0.363. The van der Waals surface area contributed by atoms with Gasteiger partial charge >= 0.3 is 0 Å². The molecule has 122 valence electrons. The highest BCUT2D eigenvalue weighted by Gasteiger charge is 2.27. The van der Waals surface area contributed by atoms with Crippen LogP contribution < -0.4 is 10.6 Å². The Bertz CT molecular complexity index is 476. The Hall–Kier alpha value is -1.15. The molecule has 0 aromatic rings. The fourth-order valence-electron chi connectivity index (χ4n) is 2.04. The van der Waals surface area contributed by atoms with Crippen LogP contribution in [0.5, 0.6) is 0 Å². The van der Waals surface area contributed by atoms with Crippen LogP contribution in [-0.2, 0) is 19.4 Å². The molecule has 7 nitrogen and oxygen atoms in total. The van der Waals surface area contributed by atoms with E-state index in [-0.39, 0.29) is 42.3 Å². The molecule has 8 heteroatoms. The molecule has 1 saturated heterocycles. The van der Waals surface area contributed by atoms with Gasteiger partial charge in [-0.2, -0.15) is 0 Å². The molecule has 0 aliphatic carbocycles. The van der Waals surface area contributed by atoms with E-state index in [0.29, 0.717) is 19.0 Å². The van der Waals surface area contributed by atoms with Gasteiger partial charge in [0.15, 0.2) is 9.84 Å². The summed E-state index contributed by atoms with van der Waals surface area (Å²) in [4.78, 5) is 25.0. The van der Waals surface area contributed by atoms with E-state index < -0.39 is 9.84 Å². The van der Waals surface area contributed by atoms with Crippen molar-refractivity contribution in [1.29, 1.82) is 0 Å². The molecule has 0 aromatic heterocycles. The number of nitrogens with one attached hydrogen (secondary N) is 2. The third-order valence-corrected chi connectivity index (χ3v) is 4.97. The van der Waals surface area contributed by atoms with Gasteiger partial charge in [0.05, 0.1) is 18.1 Å². The minimum atomic E-state index is -3.06. The lowest BCUT2D eigenvalue weighted by Gasteiger charge is -2.25. The van der Waals surface area contributed by atoms with E-state index in [4.69, 9.17) is 0 Å². The topological polar surface area (TPSA) is 95.6 Å². The summed E-state index contributed by atoms with van der Waals surface area (Å²) in [5, 5.41) is 5.77. The average Bonchev–Trinajstić information content (AvgIpc) is 2.35. The number of carbonyl (C=O) groups excluding carboxylic acids is 2. The first-order valence-corrected chi connectivity index (χ1v) is 8.96. The van der Waals surface area contributed by atoms with Crippen molar-refractivity contribution < 1.29 is 18.0 Å². The zero-order valence-corrected chi connectivity index (χ0v) is 13.7. The van der Waals surface area contributed by atoms with Crippen LogP contribution in [0.25, 0.3) is 0 Å². The van der Waals surface area contributed by atoms with Gasteiger partial charge in [-0.25, -0.2) is 8.42 Å². The van der Waals surface area contributed by atoms with Crippen molar-refractivity contribution in [2.24, 2.45) is 5.92 Å². The second-order valence-electron chi connectivity index (χ2n) is 5.92. The SMILES string of the molecule is CC(C)CNC(=O)CN(C)C(=O)CC1CS(=O)(=O)CCN1. The van der Waals surface area contributed by atoms with E-state index in [1.165, 1.54) is 4.90 Å². The summed E-state index contributed by atoms with van der Waals surface area (Å²) < 4.78 is 23.0. The summed E-state index contributed by atoms with van der Waals surface area (Å²) in [5.41, 5.74) is 0. The van der Waals surface area contributed by atoms with Gasteiger partial charge in [-0.05, 0) is 5.92 Å². The lowest BCUT2D eigenvalue weighted by Crippen LogP contribution is -2.48. The maximum absolute atomic E-state index is 12.0. The highest BCUT2D eigenvalue weighted by molar-refractivity contribution is 7.91. The fourth-order valence-corrected chi connectivity index (χ4v) is 3.49. The van der Waals surface area contributed by atoms with E-state index in [9.17, 15) is 18.0 Å². The quantitative estimate of drug-likeness (QED) is 0.654. The van der Waals surface area contributed by atoms with Crippen LogP contribution in [0.2, 0.25) is 0 Å². The summed E-state index contributed by atoms with van der Waals surface area (Å²) in [7, 11) is -1.51. The highest BCUT2D eigenvalue weighted by atomic mass is 32.2. The summed E-state index contributed by atoms with van der Waals surface area (Å²) >= 11 is 0. The third kappa shape index (κ3) is 6.90. The van der Waals surface area contributed by atoms with E-state index in [1.807, 2.05) is 13.8 Å². The molecule has 1 rings (SSSR count). The number of likely N-dealkylation sites (N-methyl/N-ethyl adjacent to an activating group) is 1. The molecule has 0 radical (unpaired) electrons. The van der Waals surface area contributed by atoms with Crippen molar-refractivity contribution in [2.75, 3.05) is 38.2 Å². The molecule has 1 fully saturated rings. The molecule has 0 bridgehead atoms. The molecule has 0 spiro atoms. The molecule has 0 aromatic carbocycles. The largest absolute Gasteiger partial charge is 0.354 e. The first-order valence-electron chi connectivity index (χ1n) is 7.14. The van der Waals surface area contributed by atoms with Crippen molar-refractivity contribution in [3.63, 3.8) is 0 Å². The number of nitrogens with zero attached hydrogens (tertiary/aromatic N) is 1.